The lowest BCUT2D eigenvalue weighted by molar-refractivity contribution is -0.109. The van der Waals surface area contributed by atoms with E-state index in [1.54, 1.807) is 0 Å². The lowest BCUT2D eigenvalue weighted by atomic mass is 9.78. The normalized spacial score (nSPS) is 26.0. The Morgan fingerprint density at radius 1 is 1.40 bits per heavy atom. The molecule has 1 saturated heterocycles. The highest BCUT2D eigenvalue weighted by Gasteiger charge is 2.38. The van der Waals surface area contributed by atoms with Gasteiger partial charge < -0.3 is 10.1 Å². The number of hydrogen-bond acceptors (Lipinski definition) is 3. The highest BCUT2D eigenvalue weighted by Crippen LogP contribution is 2.38. The van der Waals surface area contributed by atoms with Gasteiger partial charge in [0.25, 0.3) is 0 Å². The molecule has 1 N–H and O–H groups in total. The van der Waals surface area contributed by atoms with Crippen molar-refractivity contribution in [1.29, 1.82) is 0 Å². The summed E-state index contributed by atoms with van der Waals surface area (Å²) in [5.41, 5.74) is 2.65. The van der Waals surface area contributed by atoms with Crippen molar-refractivity contribution in [2.75, 3.05) is 6.61 Å². The standard InChI is InChI=1S/C16H27N3O/c1-13-14(12-19(2)18-13)11-17-15-6-9-20-16(10-15)7-4-3-5-8-16/h12,15,17H,3-11H2,1-2H3. The summed E-state index contributed by atoms with van der Waals surface area (Å²) in [7, 11) is 1.99. The van der Waals surface area contributed by atoms with Gasteiger partial charge in [0.2, 0.25) is 0 Å². The smallest absolute Gasteiger partial charge is 0.0697 e. The Balaban J connectivity index is 1.56. The predicted octanol–water partition coefficient (Wildman–Crippen LogP) is 2.70. The number of aromatic nitrogens is 2. The van der Waals surface area contributed by atoms with Crippen molar-refractivity contribution >= 4 is 0 Å². The second-order valence-electron chi connectivity index (χ2n) is 6.58. The largest absolute Gasteiger partial charge is 0.375 e. The molecule has 1 aromatic rings. The Labute approximate surface area is 121 Å². The van der Waals surface area contributed by atoms with Crippen molar-refractivity contribution < 1.29 is 4.74 Å². The average Bonchev–Trinajstić information content (AvgIpc) is 2.76. The summed E-state index contributed by atoms with van der Waals surface area (Å²) in [5.74, 6) is 0. The van der Waals surface area contributed by atoms with Crippen LogP contribution in [0.3, 0.4) is 0 Å². The van der Waals surface area contributed by atoms with Crippen LogP contribution in [0.15, 0.2) is 6.20 Å². The highest BCUT2D eigenvalue weighted by molar-refractivity contribution is 5.15. The predicted molar refractivity (Wildman–Crippen MR) is 79.6 cm³/mol. The van der Waals surface area contributed by atoms with Crippen LogP contribution in [0, 0.1) is 6.92 Å². The molecule has 0 amide bonds. The zero-order valence-electron chi connectivity index (χ0n) is 12.8. The maximum Gasteiger partial charge on any atom is 0.0697 e. The van der Waals surface area contributed by atoms with Crippen LogP contribution in [0.5, 0.6) is 0 Å². The van der Waals surface area contributed by atoms with Crippen LogP contribution in [0.1, 0.15) is 56.2 Å². The van der Waals surface area contributed by atoms with E-state index in [1.165, 1.54) is 44.1 Å². The van der Waals surface area contributed by atoms with E-state index in [9.17, 15) is 0 Å². The molecule has 2 aliphatic rings. The van der Waals surface area contributed by atoms with Gasteiger partial charge in [0, 0.05) is 38.0 Å². The van der Waals surface area contributed by atoms with E-state index in [0.717, 1.165) is 25.3 Å². The Kier molecular flexibility index (Phi) is 4.13. The number of hydrogen-bond donors (Lipinski definition) is 1. The van der Waals surface area contributed by atoms with Crippen molar-refractivity contribution in [2.45, 2.75) is 70.1 Å². The molecule has 1 unspecified atom stereocenters. The van der Waals surface area contributed by atoms with E-state index in [0.29, 0.717) is 6.04 Å². The molecule has 4 nitrogen and oxygen atoms in total. The maximum atomic E-state index is 6.16. The van der Waals surface area contributed by atoms with Gasteiger partial charge in [-0.3, -0.25) is 4.68 Å². The second-order valence-corrected chi connectivity index (χ2v) is 6.58. The zero-order valence-corrected chi connectivity index (χ0v) is 12.8. The van der Waals surface area contributed by atoms with Crippen LogP contribution in [-0.2, 0) is 18.3 Å². The SMILES string of the molecule is Cc1nn(C)cc1CNC1CCOC2(CCCCC2)C1. The second kappa shape index (κ2) is 5.86. The summed E-state index contributed by atoms with van der Waals surface area (Å²) in [4.78, 5) is 0. The third kappa shape index (κ3) is 3.07. The Morgan fingerprint density at radius 2 is 2.20 bits per heavy atom. The molecule has 4 heteroatoms. The fraction of sp³-hybridized carbons (Fsp3) is 0.812. The Hall–Kier alpha value is -0.870. The molecule has 1 spiro atoms. The van der Waals surface area contributed by atoms with Crippen molar-refractivity contribution in [3.63, 3.8) is 0 Å². The molecule has 0 aromatic carbocycles. The fourth-order valence-corrected chi connectivity index (χ4v) is 3.82. The molecule has 0 radical (unpaired) electrons. The van der Waals surface area contributed by atoms with Gasteiger partial charge in [-0.15, -0.1) is 0 Å². The van der Waals surface area contributed by atoms with Gasteiger partial charge in [-0.05, 0) is 32.6 Å². The maximum absolute atomic E-state index is 6.16. The van der Waals surface area contributed by atoms with Crippen LogP contribution in [0.25, 0.3) is 0 Å². The van der Waals surface area contributed by atoms with Crippen LogP contribution >= 0.6 is 0 Å². The summed E-state index contributed by atoms with van der Waals surface area (Å²) >= 11 is 0. The number of aryl methyl sites for hydroxylation is 2. The number of nitrogens with zero attached hydrogens (tertiary/aromatic N) is 2. The number of ether oxygens (including phenoxy) is 1. The Morgan fingerprint density at radius 3 is 2.90 bits per heavy atom. The van der Waals surface area contributed by atoms with Crippen LogP contribution in [-0.4, -0.2) is 28.0 Å². The van der Waals surface area contributed by atoms with E-state index in [2.05, 4.69) is 23.5 Å². The number of nitrogens with one attached hydrogen (secondary N) is 1. The van der Waals surface area contributed by atoms with Gasteiger partial charge >= 0.3 is 0 Å². The molecule has 20 heavy (non-hydrogen) atoms. The van der Waals surface area contributed by atoms with Crippen LogP contribution in [0.4, 0.5) is 0 Å². The van der Waals surface area contributed by atoms with E-state index in [1.807, 2.05) is 11.7 Å². The summed E-state index contributed by atoms with van der Waals surface area (Å²) < 4.78 is 8.06. The van der Waals surface area contributed by atoms with E-state index < -0.39 is 0 Å². The summed E-state index contributed by atoms with van der Waals surface area (Å²) in [6.45, 7) is 3.94. The van der Waals surface area contributed by atoms with Gasteiger partial charge in [0.15, 0.2) is 0 Å². The van der Waals surface area contributed by atoms with E-state index in [4.69, 9.17) is 4.74 Å². The minimum absolute atomic E-state index is 0.193. The van der Waals surface area contributed by atoms with Gasteiger partial charge in [0.1, 0.15) is 0 Å². The lowest BCUT2D eigenvalue weighted by Gasteiger charge is -2.43. The van der Waals surface area contributed by atoms with Crippen molar-refractivity contribution in [3.05, 3.63) is 17.5 Å². The molecule has 2 fully saturated rings. The molecular weight excluding hydrogens is 250 g/mol. The molecule has 1 atom stereocenters. The first-order chi connectivity index (χ1) is 9.67. The van der Waals surface area contributed by atoms with Gasteiger partial charge in [-0.25, -0.2) is 0 Å². The minimum atomic E-state index is 0.193. The first-order valence-electron chi connectivity index (χ1n) is 8.03. The molecular formula is C16H27N3O. The van der Waals surface area contributed by atoms with Gasteiger partial charge in [-0.2, -0.15) is 5.10 Å². The van der Waals surface area contributed by atoms with Gasteiger partial charge in [-0.1, -0.05) is 19.3 Å². The van der Waals surface area contributed by atoms with E-state index in [-0.39, 0.29) is 5.60 Å². The third-order valence-electron chi connectivity index (χ3n) is 4.95. The fourth-order valence-electron chi connectivity index (χ4n) is 3.82. The van der Waals surface area contributed by atoms with E-state index >= 15 is 0 Å². The first-order valence-corrected chi connectivity index (χ1v) is 8.03. The molecule has 0 bridgehead atoms. The molecule has 112 valence electrons. The monoisotopic (exact) mass is 277 g/mol. The molecule has 1 aliphatic heterocycles. The Bertz CT molecular complexity index is 443. The quantitative estimate of drug-likeness (QED) is 0.923. The molecule has 1 aliphatic carbocycles. The third-order valence-corrected chi connectivity index (χ3v) is 4.95. The molecule has 1 saturated carbocycles. The van der Waals surface area contributed by atoms with Crippen LogP contribution < -0.4 is 5.32 Å². The average molecular weight is 277 g/mol. The lowest BCUT2D eigenvalue weighted by Crippen LogP contribution is -2.47. The van der Waals surface area contributed by atoms with Crippen LogP contribution in [0.2, 0.25) is 0 Å². The minimum Gasteiger partial charge on any atom is -0.375 e. The van der Waals surface area contributed by atoms with Gasteiger partial charge in [0.05, 0.1) is 11.3 Å². The summed E-state index contributed by atoms with van der Waals surface area (Å²) in [6, 6.07) is 0.599. The van der Waals surface area contributed by atoms with Crippen molar-refractivity contribution in [1.82, 2.24) is 15.1 Å². The van der Waals surface area contributed by atoms with Crippen molar-refractivity contribution in [3.8, 4) is 0 Å². The molecule has 2 heterocycles. The summed E-state index contributed by atoms with van der Waals surface area (Å²) in [6.07, 6.45) is 11.0. The topological polar surface area (TPSA) is 39.1 Å². The molecule has 3 rings (SSSR count). The van der Waals surface area contributed by atoms with Crippen molar-refractivity contribution in [2.24, 2.45) is 7.05 Å². The molecule has 1 aromatic heterocycles. The zero-order chi connectivity index (χ0) is 14.0. The summed E-state index contributed by atoms with van der Waals surface area (Å²) in [5, 5.41) is 8.14. The highest BCUT2D eigenvalue weighted by atomic mass is 16.5. The first kappa shape index (κ1) is 14.1. The number of rotatable bonds is 3.